The lowest BCUT2D eigenvalue weighted by Gasteiger charge is -2.15. The summed E-state index contributed by atoms with van der Waals surface area (Å²) in [5.74, 6) is 2.34. The van der Waals surface area contributed by atoms with E-state index in [-0.39, 0.29) is 0 Å². The molecule has 5 nitrogen and oxygen atoms in total. The minimum Gasteiger partial charge on any atom is -0.299 e. The van der Waals surface area contributed by atoms with Crippen molar-refractivity contribution in [1.82, 2.24) is 9.94 Å². The molecule has 1 aromatic heterocycles. The molecule has 0 unspecified atom stereocenters. The van der Waals surface area contributed by atoms with Crippen LogP contribution in [0.2, 0.25) is 0 Å². The molecule has 5 heteroatoms. The molecule has 0 atom stereocenters. The number of benzene rings is 2. The van der Waals surface area contributed by atoms with Crippen molar-refractivity contribution in [2.45, 2.75) is 0 Å². The Hall–Kier alpha value is -3.52. The lowest BCUT2D eigenvalue weighted by atomic mass is 9.95. The van der Waals surface area contributed by atoms with Gasteiger partial charge < -0.3 is 0 Å². The Labute approximate surface area is 140 Å². The van der Waals surface area contributed by atoms with Crippen LogP contribution in [0.25, 0.3) is 11.1 Å². The molecule has 0 radical (unpaired) electrons. The summed E-state index contributed by atoms with van der Waals surface area (Å²) in [6, 6.07) is 19.2. The van der Waals surface area contributed by atoms with Gasteiger partial charge in [-0.15, -0.1) is 11.5 Å². The Balaban J connectivity index is 0.000000231. The maximum Gasteiger partial charge on any atom is 0.440 e. The van der Waals surface area contributed by atoms with Gasteiger partial charge in [0.1, 0.15) is 5.69 Å². The zero-order valence-corrected chi connectivity index (χ0v) is 13.1. The molecule has 118 valence electrons. The maximum atomic E-state index is 11.8. The molecule has 0 aliphatic heterocycles. The van der Waals surface area contributed by atoms with Gasteiger partial charge in [-0.3, -0.25) is 9.74 Å². The highest BCUT2D eigenvalue weighted by Gasteiger charge is 2.13. The maximum absolute atomic E-state index is 11.8. The average Bonchev–Trinajstić information content (AvgIpc) is 3.06. The zero-order chi connectivity index (χ0) is 16.9. The molecule has 4 rings (SSSR count). The lowest BCUT2D eigenvalue weighted by Crippen LogP contribution is -2.34. The van der Waals surface area contributed by atoms with Crippen molar-refractivity contribution < 1.29 is 9.63 Å². The molecule has 2 aliphatic rings. The van der Waals surface area contributed by atoms with Crippen LogP contribution in [0.15, 0.2) is 66.9 Å². The molecule has 0 N–H and O–H groups in total. The van der Waals surface area contributed by atoms with Crippen molar-refractivity contribution in [3.05, 3.63) is 72.6 Å². The van der Waals surface area contributed by atoms with Gasteiger partial charge in [0.05, 0.1) is 6.20 Å². The molecule has 0 saturated heterocycles. The van der Waals surface area contributed by atoms with E-state index in [1.807, 2.05) is 18.2 Å². The van der Waals surface area contributed by atoms with E-state index in [1.165, 1.54) is 22.2 Å². The molecular formula is C19H15N3O2. The van der Waals surface area contributed by atoms with Crippen LogP contribution in [0.3, 0.4) is 0 Å². The average molecular weight is 317 g/mol. The van der Waals surface area contributed by atoms with E-state index < -0.39 is 6.09 Å². The van der Waals surface area contributed by atoms with Gasteiger partial charge in [0.25, 0.3) is 0 Å². The fraction of sp³-hybridized carbons (Fsp3) is 0.0526. The standard InChI is InChI=1S/C13H11N3O2.C6H4/c1-3-11-9-10-16(14-11)18-13(17)15(2)12-7-5-4-6-8-12;1-2-6-4-3-5(1)6/h1,4-10H,2H3;1-4H. The van der Waals surface area contributed by atoms with Crippen LogP contribution < -0.4 is 9.74 Å². The smallest absolute Gasteiger partial charge is 0.299 e. The SMILES string of the molecule is C#Cc1ccn(OC(=O)N(C)c2ccccc2)n1.c1cc2ccc1-2. The van der Waals surface area contributed by atoms with Crippen LogP contribution in [-0.2, 0) is 0 Å². The van der Waals surface area contributed by atoms with E-state index in [0.29, 0.717) is 5.69 Å². The number of hydrogen-bond donors (Lipinski definition) is 0. The number of anilines is 1. The Kier molecular flexibility index (Phi) is 4.30. The molecule has 0 saturated carbocycles. The van der Waals surface area contributed by atoms with Crippen molar-refractivity contribution >= 4 is 11.8 Å². The number of nitrogens with zero attached hydrogens (tertiary/aromatic N) is 3. The summed E-state index contributed by atoms with van der Waals surface area (Å²) >= 11 is 0. The number of rotatable bonds is 2. The highest BCUT2D eigenvalue weighted by atomic mass is 16.7. The summed E-state index contributed by atoms with van der Waals surface area (Å²) in [5, 5.41) is 3.86. The molecule has 1 aromatic carbocycles. The van der Waals surface area contributed by atoms with Crippen LogP contribution in [0.1, 0.15) is 5.69 Å². The first-order valence-corrected chi connectivity index (χ1v) is 7.31. The summed E-state index contributed by atoms with van der Waals surface area (Å²) in [6.07, 6.45) is 6.10. The van der Waals surface area contributed by atoms with Crippen molar-refractivity contribution in [3.8, 4) is 23.5 Å². The van der Waals surface area contributed by atoms with E-state index in [2.05, 4.69) is 35.3 Å². The topological polar surface area (TPSA) is 47.4 Å². The first-order chi connectivity index (χ1) is 11.7. The molecule has 2 aromatic rings. The third kappa shape index (κ3) is 3.28. The van der Waals surface area contributed by atoms with Gasteiger partial charge in [0.15, 0.2) is 0 Å². The Bertz CT molecular complexity index is 856. The normalized spacial score (nSPS) is 10.0. The highest BCUT2D eigenvalue weighted by molar-refractivity contribution is 5.87. The summed E-state index contributed by atoms with van der Waals surface area (Å²) in [5.41, 5.74) is 3.99. The quantitative estimate of drug-likeness (QED) is 0.533. The molecule has 24 heavy (non-hydrogen) atoms. The number of para-hydroxylation sites is 1. The van der Waals surface area contributed by atoms with Crippen molar-refractivity contribution in [2.75, 3.05) is 11.9 Å². The zero-order valence-electron chi connectivity index (χ0n) is 13.1. The van der Waals surface area contributed by atoms with E-state index in [9.17, 15) is 4.79 Å². The summed E-state index contributed by atoms with van der Waals surface area (Å²) in [6.45, 7) is 0. The Morgan fingerprint density at radius 3 is 2.17 bits per heavy atom. The summed E-state index contributed by atoms with van der Waals surface area (Å²) < 4.78 is 0. The third-order valence-corrected chi connectivity index (χ3v) is 3.52. The number of terminal acetylenes is 1. The van der Waals surface area contributed by atoms with Gasteiger partial charge in [0.2, 0.25) is 0 Å². The van der Waals surface area contributed by atoms with E-state index >= 15 is 0 Å². The van der Waals surface area contributed by atoms with Crippen molar-refractivity contribution in [3.63, 3.8) is 0 Å². The number of hydrogen-bond acceptors (Lipinski definition) is 3. The minimum absolute atomic E-state index is 0.408. The predicted molar refractivity (Wildman–Crippen MR) is 92.4 cm³/mol. The second-order valence-corrected chi connectivity index (χ2v) is 5.08. The molecule has 0 bridgehead atoms. The molecular weight excluding hydrogens is 302 g/mol. The van der Waals surface area contributed by atoms with Crippen LogP contribution in [0.5, 0.6) is 0 Å². The number of amides is 1. The van der Waals surface area contributed by atoms with Gasteiger partial charge >= 0.3 is 6.09 Å². The lowest BCUT2D eigenvalue weighted by molar-refractivity contribution is 0.124. The predicted octanol–water partition coefficient (Wildman–Crippen LogP) is 3.22. The number of carbonyl (C=O) groups is 1. The van der Waals surface area contributed by atoms with Crippen LogP contribution in [-0.4, -0.2) is 23.1 Å². The number of aromatic nitrogens is 2. The van der Waals surface area contributed by atoms with Gasteiger partial charge in [-0.05, 0) is 35.2 Å². The van der Waals surface area contributed by atoms with E-state index in [0.717, 1.165) is 10.5 Å². The van der Waals surface area contributed by atoms with Crippen molar-refractivity contribution in [1.29, 1.82) is 0 Å². The highest BCUT2D eigenvalue weighted by Crippen LogP contribution is 2.29. The monoisotopic (exact) mass is 317 g/mol. The Morgan fingerprint density at radius 1 is 1.08 bits per heavy atom. The van der Waals surface area contributed by atoms with Crippen LogP contribution in [0.4, 0.5) is 10.5 Å². The summed E-state index contributed by atoms with van der Waals surface area (Å²) in [4.78, 5) is 19.2. The van der Waals surface area contributed by atoms with E-state index in [1.54, 1.807) is 25.2 Å². The molecule has 1 heterocycles. The molecule has 1 amide bonds. The molecule has 0 spiro atoms. The third-order valence-electron chi connectivity index (χ3n) is 3.52. The van der Waals surface area contributed by atoms with Crippen LogP contribution in [0, 0.1) is 12.3 Å². The largest absolute Gasteiger partial charge is 0.440 e. The number of fused-ring (bicyclic) bond motifs is 1. The second-order valence-electron chi connectivity index (χ2n) is 5.08. The summed E-state index contributed by atoms with van der Waals surface area (Å²) in [7, 11) is 1.61. The fourth-order valence-corrected chi connectivity index (χ4v) is 2.00. The molecule has 0 fully saturated rings. The second kappa shape index (κ2) is 6.71. The van der Waals surface area contributed by atoms with Gasteiger partial charge in [0, 0.05) is 12.7 Å². The van der Waals surface area contributed by atoms with E-state index in [4.69, 9.17) is 11.3 Å². The molecule has 2 aliphatic carbocycles. The van der Waals surface area contributed by atoms with Crippen LogP contribution >= 0.6 is 0 Å². The first-order valence-electron chi connectivity index (χ1n) is 7.31. The number of carbonyl (C=O) groups excluding carboxylic acids is 1. The van der Waals surface area contributed by atoms with Gasteiger partial charge in [-0.2, -0.15) is 0 Å². The minimum atomic E-state index is -0.548. The van der Waals surface area contributed by atoms with Crippen molar-refractivity contribution in [2.24, 2.45) is 0 Å². The Morgan fingerprint density at radius 2 is 1.71 bits per heavy atom. The van der Waals surface area contributed by atoms with Gasteiger partial charge in [-0.1, -0.05) is 47.3 Å². The first kappa shape index (κ1) is 15.4. The van der Waals surface area contributed by atoms with Gasteiger partial charge in [-0.25, -0.2) is 4.79 Å². The fourth-order valence-electron chi connectivity index (χ4n) is 2.00.